The molecule has 0 spiro atoms. The van der Waals surface area contributed by atoms with Crippen LogP contribution in [0.4, 0.5) is 13.2 Å². The zero-order valence-corrected chi connectivity index (χ0v) is 22.7. The number of carbonyl (C=O) groups is 1. The van der Waals surface area contributed by atoms with Gasteiger partial charge in [-0.25, -0.2) is 4.68 Å². The molecule has 0 bridgehead atoms. The van der Waals surface area contributed by atoms with Gasteiger partial charge in [0.15, 0.2) is 5.69 Å². The fourth-order valence-electron chi connectivity index (χ4n) is 5.04. The predicted octanol–water partition coefficient (Wildman–Crippen LogP) is 8.49. The second kappa shape index (κ2) is 10.2. The molecule has 0 radical (unpaired) electrons. The van der Waals surface area contributed by atoms with Gasteiger partial charge in [0.05, 0.1) is 22.4 Å². The van der Waals surface area contributed by atoms with Crippen molar-refractivity contribution >= 4 is 17.5 Å². The van der Waals surface area contributed by atoms with Crippen molar-refractivity contribution in [2.45, 2.75) is 51.2 Å². The molecule has 0 N–H and O–H groups in total. The summed E-state index contributed by atoms with van der Waals surface area (Å²) in [5.74, 6) is -0.0976. The van der Waals surface area contributed by atoms with E-state index < -0.39 is 11.9 Å². The number of rotatable bonds is 4. The van der Waals surface area contributed by atoms with Crippen LogP contribution in [0.2, 0.25) is 5.02 Å². The van der Waals surface area contributed by atoms with Crippen LogP contribution in [0.1, 0.15) is 66.8 Å². The summed E-state index contributed by atoms with van der Waals surface area (Å²) in [4.78, 5) is 15.4. The second-order valence-corrected chi connectivity index (χ2v) is 11.3. The molecule has 1 atom stereocenters. The summed E-state index contributed by atoms with van der Waals surface area (Å²) in [6.07, 6.45) is -2.82. The van der Waals surface area contributed by atoms with Crippen LogP contribution in [-0.2, 0) is 11.6 Å². The highest BCUT2D eigenvalue weighted by Crippen LogP contribution is 2.36. The summed E-state index contributed by atoms with van der Waals surface area (Å²) in [7, 11) is 0. The molecule has 0 aliphatic carbocycles. The third kappa shape index (κ3) is 5.46. The lowest BCUT2D eigenvalue weighted by Gasteiger charge is -2.26. The molecule has 2 heterocycles. The maximum absolute atomic E-state index is 13.6. The van der Waals surface area contributed by atoms with E-state index in [0.29, 0.717) is 23.4 Å². The summed E-state index contributed by atoms with van der Waals surface area (Å²) in [5, 5.41) is 4.08. The van der Waals surface area contributed by atoms with Crippen LogP contribution in [-0.4, -0.2) is 27.1 Å². The number of hydrogen-bond acceptors (Lipinski definition) is 2. The van der Waals surface area contributed by atoms with Crippen LogP contribution in [0, 0.1) is 0 Å². The lowest BCUT2D eigenvalue weighted by atomic mass is 9.86. The van der Waals surface area contributed by atoms with Gasteiger partial charge < -0.3 is 4.90 Å². The smallest absolute Gasteiger partial charge is 0.332 e. The van der Waals surface area contributed by atoms with Gasteiger partial charge in [-0.05, 0) is 59.7 Å². The predicted molar refractivity (Wildman–Crippen MR) is 147 cm³/mol. The number of carbonyl (C=O) groups excluding carboxylic acids is 1. The molecule has 8 heteroatoms. The minimum atomic E-state index is -4.62. The summed E-state index contributed by atoms with van der Waals surface area (Å²) in [6.45, 7) is 7.16. The Hall–Kier alpha value is -3.58. The van der Waals surface area contributed by atoms with Gasteiger partial charge in [0.2, 0.25) is 0 Å². The minimum absolute atomic E-state index is 0.0119. The summed E-state index contributed by atoms with van der Waals surface area (Å²) >= 11 is 6.28. The number of alkyl halides is 3. The Kier molecular flexibility index (Phi) is 7.06. The van der Waals surface area contributed by atoms with Crippen molar-refractivity contribution < 1.29 is 18.0 Å². The van der Waals surface area contributed by atoms with E-state index in [4.69, 9.17) is 11.6 Å². The average molecular weight is 552 g/mol. The van der Waals surface area contributed by atoms with Crippen molar-refractivity contribution in [3.05, 3.63) is 106 Å². The number of nitrogens with zero attached hydrogens (tertiary/aromatic N) is 3. The maximum Gasteiger partial charge on any atom is 0.435 e. The Morgan fingerprint density at radius 3 is 2.23 bits per heavy atom. The van der Waals surface area contributed by atoms with Crippen molar-refractivity contribution in [2.75, 3.05) is 6.54 Å². The molecule has 4 nitrogen and oxygen atoms in total. The summed E-state index contributed by atoms with van der Waals surface area (Å²) in [5.41, 5.74) is 2.91. The molecule has 202 valence electrons. The molecule has 1 unspecified atom stereocenters. The normalized spacial score (nSPS) is 16.1. The number of amides is 1. The molecule has 39 heavy (non-hydrogen) atoms. The number of aromatic nitrogens is 2. The lowest BCUT2D eigenvalue weighted by Crippen LogP contribution is -2.30. The highest BCUT2D eigenvalue weighted by molar-refractivity contribution is 6.32. The van der Waals surface area contributed by atoms with E-state index in [1.54, 1.807) is 48.5 Å². The number of hydrogen-bond donors (Lipinski definition) is 0. The first-order chi connectivity index (χ1) is 18.4. The quantitative estimate of drug-likeness (QED) is 0.255. The monoisotopic (exact) mass is 551 g/mol. The number of halogens is 4. The molecule has 4 aromatic rings. The molecular weight excluding hydrogens is 523 g/mol. The van der Waals surface area contributed by atoms with Crippen LogP contribution in [0.5, 0.6) is 0 Å². The molecular formula is C31H29ClF3N3O. The highest BCUT2D eigenvalue weighted by Gasteiger charge is 2.36. The third-order valence-corrected chi connectivity index (χ3v) is 7.50. The Bertz CT molecular complexity index is 1490. The van der Waals surface area contributed by atoms with E-state index in [2.05, 4.69) is 50.1 Å². The Morgan fingerprint density at radius 2 is 1.62 bits per heavy atom. The number of benzene rings is 3. The molecule has 1 aliphatic heterocycles. The van der Waals surface area contributed by atoms with Crippen LogP contribution >= 0.6 is 11.6 Å². The fourth-order valence-corrected chi connectivity index (χ4v) is 5.26. The van der Waals surface area contributed by atoms with E-state index >= 15 is 0 Å². The Labute approximate surface area is 231 Å². The van der Waals surface area contributed by atoms with Gasteiger partial charge in [0.1, 0.15) is 0 Å². The molecule has 1 fully saturated rings. The van der Waals surface area contributed by atoms with E-state index in [9.17, 15) is 18.0 Å². The zero-order valence-electron chi connectivity index (χ0n) is 22.0. The van der Waals surface area contributed by atoms with Gasteiger partial charge in [-0.2, -0.15) is 18.3 Å². The van der Waals surface area contributed by atoms with Gasteiger partial charge >= 0.3 is 6.18 Å². The molecule has 1 aromatic heterocycles. The van der Waals surface area contributed by atoms with Gasteiger partial charge in [-0.15, -0.1) is 0 Å². The van der Waals surface area contributed by atoms with Crippen molar-refractivity contribution in [3.8, 4) is 16.9 Å². The first-order valence-electron chi connectivity index (χ1n) is 12.9. The molecule has 1 aliphatic rings. The van der Waals surface area contributed by atoms with Crippen LogP contribution in [0.25, 0.3) is 16.9 Å². The highest BCUT2D eigenvalue weighted by atomic mass is 35.5. The van der Waals surface area contributed by atoms with E-state index in [0.717, 1.165) is 24.5 Å². The first-order valence-corrected chi connectivity index (χ1v) is 13.3. The molecule has 0 saturated carbocycles. The Balaban J connectivity index is 1.43. The number of para-hydroxylation sites is 1. The van der Waals surface area contributed by atoms with Crippen molar-refractivity contribution in [2.24, 2.45) is 0 Å². The van der Waals surface area contributed by atoms with E-state index in [-0.39, 0.29) is 28.1 Å². The van der Waals surface area contributed by atoms with Crippen LogP contribution in [0.3, 0.4) is 0 Å². The van der Waals surface area contributed by atoms with E-state index in [1.807, 2.05) is 4.90 Å². The standard InChI is InChI=1S/C31H29ClF3N3O/c1-30(2,3)23-16-14-20(15-17-23)25-9-6-18-37(25)29(39)22-12-10-21(11-13-22)27-19-28(31(33,34)35)36-38(27)26-8-5-4-7-24(26)32/h4-5,7-8,10-17,19,25H,6,9,18H2,1-3H3. The maximum atomic E-state index is 13.6. The van der Waals surface area contributed by atoms with Gasteiger partial charge in [-0.1, -0.05) is 80.9 Å². The molecule has 3 aromatic carbocycles. The van der Waals surface area contributed by atoms with Crippen LogP contribution in [0.15, 0.2) is 78.9 Å². The molecule has 5 rings (SSSR count). The molecule has 1 amide bonds. The first kappa shape index (κ1) is 27.0. The molecule has 1 saturated heterocycles. The SMILES string of the molecule is CC(C)(C)c1ccc(C2CCCN2C(=O)c2ccc(-c3cc(C(F)(F)F)nn3-c3ccccc3Cl)cc2)cc1. The zero-order chi connectivity index (χ0) is 27.9. The van der Waals surface area contributed by atoms with Crippen molar-refractivity contribution in [1.29, 1.82) is 0 Å². The largest absolute Gasteiger partial charge is 0.435 e. The minimum Gasteiger partial charge on any atom is -0.332 e. The van der Waals surface area contributed by atoms with Gasteiger partial charge in [0.25, 0.3) is 5.91 Å². The lowest BCUT2D eigenvalue weighted by molar-refractivity contribution is -0.141. The topological polar surface area (TPSA) is 38.1 Å². The second-order valence-electron chi connectivity index (χ2n) is 10.9. The van der Waals surface area contributed by atoms with Crippen LogP contribution < -0.4 is 0 Å². The summed E-state index contributed by atoms with van der Waals surface area (Å²) < 4.78 is 41.9. The van der Waals surface area contributed by atoms with Crippen molar-refractivity contribution in [3.63, 3.8) is 0 Å². The van der Waals surface area contributed by atoms with Gasteiger partial charge in [0, 0.05) is 17.7 Å². The van der Waals surface area contributed by atoms with E-state index in [1.165, 1.54) is 10.2 Å². The summed E-state index contributed by atoms with van der Waals surface area (Å²) in [6, 6.07) is 22.7. The third-order valence-electron chi connectivity index (χ3n) is 7.18. The Morgan fingerprint density at radius 1 is 0.949 bits per heavy atom. The average Bonchev–Trinajstić information content (AvgIpc) is 3.56. The number of likely N-dealkylation sites (tertiary alicyclic amines) is 1. The van der Waals surface area contributed by atoms with Crippen molar-refractivity contribution in [1.82, 2.24) is 14.7 Å². The fraction of sp³-hybridized carbons (Fsp3) is 0.290. The van der Waals surface area contributed by atoms with Gasteiger partial charge in [-0.3, -0.25) is 4.79 Å².